The van der Waals surface area contributed by atoms with E-state index in [0.29, 0.717) is 30.1 Å². The van der Waals surface area contributed by atoms with Crippen LogP contribution in [0.25, 0.3) is 0 Å². The molecule has 37 heavy (non-hydrogen) atoms. The van der Waals surface area contributed by atoms with E-state index in [1.807, 2.05) is 67.6 Å². The molecule has 0 bridgehead atoms. The summed E-state index contributed by atoms with van der Waals surface area (Å²) in [6.07, 6.45) is 1.11. The highest BCUT2D eigenvalue weighted by Crippen LogP contribution is 2.41. The number of nitrogens with one attached hydrogen (secondary N) is 1. The molecule has 2 amide bonds. The van der Waals surface area contributed by atoms with E-state index in [1.165, 1.54) is 22.2 Å². The van der Waals surface area contributed by atoms with Gasteiger partial charge in [-0.1, -0.05) is 60.3 Å². The van der Waals surface area contributed by atoms with Crippen LogP contribution in [0.2, 0.25) is 0 Å². The number of thioether (sulfide) groups is 1. The first-order valence-corrected chi connectivity index (χ1v) is 13.0. The number of rotatable bonds is 8. The van der Waals surface area contributed by atoms with Crippen LogP contribution in [0.4, 0.5) is 5.69 Å². The van der Waals surface area contributed by atoms with Crippen LogP contribution < -0.4 is 15.0 Å². The van der Waals surface area contributed by atoms with E-state index >= 15 is 0 Å². The number of methoxy groups -OCH3 is 1. The molecular formula is C30H29N3O3S. The summed E-state index contributed by atoms with van der Waals surface area (Å²) in [6.45, 7) is 4.47. The van der Waals surface area contributed by atoms with Crippen molar-refractivity contribution in [2.24, 2.45) is 0 Å². The average molecular weight is 512 g/mol. The van der Waals surface area contributed by atoms with Gasteiger partial charge in [0.05, 0.1) is 12.4 Å². The lowest BCUT2D eigenvalue weighted by atomic mass is 10.0. The van der Waals surface area contributed by atoms with E-state index in [0.717, 1.165) is 22.4 Å². The Morgan fingerprint density at radius 2 is 1.73 bits per heavy atom. The number of carbonyl (C=O) groups excluding carboxylic acids is 2. The van der Waals surface area contributed by atoms with Crippen LogP contribution in [0.15, 0.2) is 83.4 Å². The molecule has 7 heteroatoms. The summed E-state index contributed by atoms with van der Waals surface area (Å²) in [6, 6.07) is 25.0. The maximum atomic E-state index is 13.6. The van der Waals surface area contributed by atoms with E-state index < -0.39 is 11.2 Å². The van der Waals surface area contributed by atoms with Crippen molar-refractivity contribution in [1.29, 1.82) is 5.26 Å². The molecule has 1 aliphatic rings. The first kappa shape index (κ1) is 26.1. The predicted molar refractivity (Wildman–Crippen MR) is 147 cm³/mol. The zero-order chi connectivity index (χ0) is 26.4. The Kier molecular flexibility index (Phi) is 8.32. The fourth-order valence-corrected chi connectivity index (χ4v) is 5.45. The molecule has 4 rings (SSSR count). The first-order chi connectivity index (χ1) is 17.9. The van der Waals surface area contributed by atoms with Gasteiger partial charge in [-0.3, -0.25) is 14.5 Å². The van der Waals surface area contributed by atoms with Crippen LogP contribution in [0, 0.1) is 25.2 Å². The van der Waals surface area contributed by atoms with Crippen LogP contribution in [0.5, 0.6) is 5.75 Å². The smallest absolute Gasteiger partial charge is 0.264 e. The molecule has 6 nitrogen and oxygen atoms in total. The van der Waals surface area contributed by atoms with E-state index in [9.17, 15) is 14.9 Å². The van der Waals surface area contributed by atoms with Crippen LogP contribution >= 0.6 is 11.8 Å². The quantitative estimate of drug-likeness (QED) is 0.336. The lowest BCUT2D eigenvalue weighted by Gasteiger charge is -2.18. The molecule has 1 N–H and O–H groups in total. The third-order valence-corrected chi connectivity index (χ3v) is 7.63. The second-order valence-electron chi connectivity index (χ2n) is 8.88. The van der Waals surface area contributed by atoms with Crippen molar-refractivity contribution in [3.05, 3.63) is 106 Å². The van der Waals surface area contributed by atoms with Crippen molar-refractivity contribution in [2.75, 3.05) is 18.6 Å². The second-order valence-corrected chi connectivity index (χ2v) is 10.1. The van der Waals surface area contributed by atoms with E-state index in [1.54, 1.807) is 7.11 Å². The Balaban J connectivity index is 1.57. The van der Waals surface area contributed by atoms with Crippen LogP contribution in [0.3, 0.4) is 0 Å². The number of nitriles is 1. The van der Waals surface area contributed by atoms with Gasteiger partial charge >= 0.3 is 0 Å². The number of nitrogens with zero attached hydrogens (tertiary/aromatic N) is 2. The maximum absolute atomic E-state index is 13.6. The number of aryl methyl sites for hydroxylation is 2. The Morgan fingerprint density at radius 1 is 1.03 bits per heavy atom. The van der Waals surface area contributed by atoms with Gasteiger partial charge in [0.2, 0.25) is 5.91 Å². The minimum absolute atomic E-state index is 0.0560. The molecule has 3 aromatic carbocycles. The van der Waals surface area contributed by atoms with E-state index in [-0.39, 0.29) is 11.5 Å². The summed E-state index contributed by atoms with van der Waals surface area (Å²) in [7, 11) is 1.61. The molecule has 1 saturated heterocycles. The van der Waals surface area contributed by atoms with Gasteiger partial charge in [0, 0.05) is 12.2 Å². The van der Waals surface area contributed by atoms with Crippen molar-refractivity contribution in [2.45, 2.75) is 31.9 Å². The predicted octanol–water partition coefficient (Wildman–Crippen LogP) is 5.10. The summed E-state index contributed by atoms with van der Waals surface area (Å²) in [5.74, 6) is 0.144. The van der Waals surface area contributed by atoms with Gasteiger partial charge in [-0.25, -0.2) is 0 Å². The number of amides is 2. The van der Waals surface area contributed by atoms with Crippen molar-refractivity contribution >= 4 is 29.3 Å². The van der Waals surface area contributed by atoms with E-state index in [4.69, 9.17) is 4.74 Å². The summed E-state index contributed by atoms with van der Waals surface area (Å²) in [5.41, 5.74) is 5.02. The Bertz CT molecular complexity index is 1360. The Hall–Kier alpha value is -4.02. The van der Waals surface area contributed by atoms with Crippen molar-refractivity contribution in [3.63, 3.8) is 0 Å². The molecule has 1 heterocycles. The number of hydrogen-bond acceptors (Lipinski definition) is 5. The van der Waals surface area contributed by atoms with Gasteiger partial charge in [0.1, 0.15) is 22.4 Å². The molecular weight excluding hydrogens is 482 g/mol. The lowest BCUT2D eigenvalue weighted by molar-refractivity contribution is -0.117. The summed E-state index contributed by atoms with van der Waals surface area (Å²) < 4.78 is 5.18. The number of benzene rings is 3. The molecule has 1 unspecified atom stereocenters. The van der Waals surface area contributed by atoms with Gasteiger partial charge < -0.3 is 10.1 Å². The third-order valence-electron chi connectivity index (χ3n) is 6.37. The summed E-state index contributed by atoms with van der Waals surface area (Å²) in [4.78, 5) is 28.2. The molecule has 3 aromatic rings. The molecule has 1 fully saturated rings. The van der Waals surface area contributed by atoms with Crippen molar-refractivity contribution < 1.29 is 14.3 Å². The first-order valence-electron chi connectivity index (χ1n) is 12.1. The molecule has 0 aliphatic carbocycles. The highest BCUT2D eigenvalue weighted by Gasteiger charge is 2.40. The number of hydrogen-bond donors (Lipinski definition) is 1. The van der Waals surface area contributed by atoms with Gasteiger partial charge in [0.15, 0.2) is 0 Å². The molecule has 0 radical (unpaired) electrons. The highest BCUT2D eigenvalue weighted by molar-refractivity contribution is 8.05. The maximum Gasteiger partial charge on any atom is 0.264 e. The zero-order valence-corrected chi connectivity index (χ0v) is 22.0. The normalized spacial score (nSPS) is 16.3. The monoisotopic (exact) mass is 511 g/mol. The summed E-state index contributed by atoms with van der Waals surface area (Å²) >= 11 is 1.28. The topological polar surface area (TPSA) is 82.4 Å². The number of ether oxygens (including phenoxy) is 1. The molecule has 188 valence electrons. The summed E-state index contributed by atoms with van der Waals surface area (Å²) in [5, 5.41) is 12.8. The zero-order valence-electron chi connectivity index (χ0n) is 21.2. The molecule has 1 atom stereocenters. The van der Waals surface area contributed by atoms with Crippen LogP contribution in [-0.2, 0) is 22.4 Å². The van der Waals surface area contributed by atoms with Gasteiger partial charge in [0.25, 0.3) is 5.91 Å². The lowest BCUT2D eigenvalue weighted by Crippen LogP contribution is -2.32. The van der Waals surface area contributed by atoms with Crippen LogP contribution in [-0.4, -0.2) is 30.7 Å². The van der Waals surface area contributed by atoms with Crippen molar-refractivity contribution in [1.82, 2.24) is 5.32 Å². The van der Waals surface area contributed by atoms with Gasteiger partial charge in [-0.15, -0.1) is 0 Å². The molecule has 0 saturated carbocycles. The second kappa shape index (κ2) is 11.8. The minimum atomic E-state index is -0.487. The number of carbonyl (C=O) groups is 2. The Labute approximate surface area is 221 Å². The molecule has 1 aliphatic heterocycles. The van der Waals surface area contributed by atoms with Crippen molar-refractivity contribution in [3.8, 4) is 11.8 Å². The minimum Gasteiger partial charge on any atom is -0.497 e. The number of para-hydroxylation sites is 1. The average Bonchev–Trinajstić information content (AvgIpc) is 3.22. The van der Waals surface area contributed by atoms with Gasteiger partial charge in [-0.2, -0.15) is 5.26 Å². The largest absolute Gasteiger partial charge is 0.497 e. The SMILES string of the molecule is COc1ccc(CCNC(=O)C(C#N)=C2SC(Cc3ccc(C)c(C)c3)C(=O)N2c2ccccc2)cc1. The fraction of sp³-hybridized carbons (Fsp3) is 0.233. The third kappa shape index (κ3) is 6.04. The Morgan fingerprint density at radius 3 is 2.38 bits per heavy atom. The standard InChI is InChI=1S/C30H29N3O3S/c1-20-9-10-23(17-21(20)2)18-27-29(35)33(24-7-5-4-6-8-24)30(37-27)26(19-31)28(34)32-16-15-22-11-13-25(36-3)14-12-22/h4-14,17,27H,15-16,18H2,1-3H3,(H,32,34). The number of anilines is 1. The van der Waals surface area contributed by atoms with E-state index in [2.05, 4.69) is 30.4 Å². The molecule has 0 aromatic heterocycles. The highest BCUT2D eigenvalue weighted by atomic mass is 32.2. The molecule has 0 spiro atoms. The van der Waals surface area contributed by atoms with Crippen LogP contribution in [0.1, 0.15) is 22.3 Å². The fourth-order valence-electron chi connectivity index (χ4n) is 4.14. The van der Waals surface area contributed by atoms with Gasteiger partial charge in [-0.05, 0) is 73.2 Å².